The summed E-state index contributed by atoms with van der Waals surface area (Å²) in [6.07, 6.45) is 1.04. The second kappa shape index (κ2) is 8.47. The maximum Gasteiger partial charge on any atom is 0.319 e. The van der Waals surface area contributed by atoms with Crippen LogP contribution in [0.4, 0.5) is 16.2 Å². The molecule has 0 aromatic heterocycles. The van der Waals surface area contributed by atoms with Crippen molar-refractivity contribution in [3.8, 4) is 11.5 Å². The molecular formula is C20H25N3O3. The summed E-state index contributed by atoms with van der Waals surface area (Å²) >= 11 is 0. The molecule has 6 nitrogen and oxygen atoms in total. The lowest BCUT2D eigenvalue weighted by molar-refractivity contribution is 0.250. The Morgan fingerprint density at radius 3 is 2.81 bits per heavy atom. The zero-order chi connectivity index (χ0) is 18.4. The van der Waals surface area contributed by atoms with Crippen LogP contribution in [0.5, 0.6) is 11.5 Å². The highest BCUT2D eigenvalue weighted by molar-refractivity contribution is 5.89. The van der Waals surface area contributed by atoms with Gasteiger partial charge >= 0.3 is 6.03 Å². The maximum atomic E-state index is 12.1. The highest BCUT2D eigenvalue weighted by Gasteiger charge is 2.24. The van der Waals surface area contributed by atoms with Gasteiger partial charge in [0.2, 0.25) is 0 Å². The Bertz CT molecular complexity index is 751. The fraction of sp³-hybridized carbons (Fsp3) is 0.350. The second-order valence-electron chi connectivity index (χ2n) is 6.34. The third-order valence-corrected chi connectivity index (χ3v) is 4.59. The van der Waals surface area contributed by atoms with Gasteiger partial charge in [-0.3, -0.25) is 0 Å². The molecule has 0 bridgehead atoms. The van der Waals surface area contributed by atoms with Gasteiger partial charge in [-0.1, -0.05) is 18.2 Å². The van der Waals surface area contributed by atoms with Crippen molar-refractivity contribution >= 4 is 17.4 Å². The van der Waals surface area contributed by atoms with E-state index >= 15 is 0 Å². The first-order chi connectivity index (χ1) is 12.7. The summed E-state index contributed by atoms with van der Waals surface area (Å²) in [4.78, 5) is 14.4. The maximum absolute atomic E-state index is 12.1. The number of hydrogen-bond donors (Lipinski definition) is 2. The third-order valence-electron chi connectivity index (χ3n) is 4.59. The molecule has 0 saturated carbocycles. The van der Waals surface area contributed by atoms with Crippen LogP contribution in [0.25, 0.3) is 0 Å². The third kappa shape index (κ3) is 4.39. The van der Waals surface area contributed by atoms with Crippen molar-refractivity contribution in [2.24, 2.45) is 5.92 Å². The van der Waals surface area contributed by atoms with E-state index in [9.17, 15) is 4.79 Å². The molecule has 2 N–H and O–H groups in total. The monoisotopic (exact) mass is 355 g/mol. The van der Waals surface area contributed by atoms with Crippen molar-refractivity contribution < 1.29 is 14.3 Å². The number of para-hydroxylation sites is 2. The lowest BCUT2D eigenvalue weighted by Crippen LogP contribution is -2.34. The number of benzene rings is 2. The lowest BCUT2D eigenvalue weighted by atomic mass is 10.1. The molecule has 0 aliphatic carbocycles. The van der Waals surface area contributed by atoms with E-state index in [1.807, 2.05) is 36.4 Å². The van der Waals surface area contributed by atoms with Crippen LogP contribution in [0.15, 0.2) is 48.5 Å². The summed E-state index contributed by atoms with van der Waals surface area (Å²) in [6.45, 7) is 2.51. The number of urea groups is 1. The van der Waals surface area contributed by atoms with E-state index in [1.165, 1.54) is 0 Å². The van der Waals surface area contributed by atoms with E-state index in [0.29, 0.717) is 23.9 Å². The number of anilines is 2. The molecule has 1 saturated heterocycles. The van der Waals surface area contributed by atoms with Crippen molar-refractivity contribution in [2.75, 3.05) is 44.1 Å². The van der Waals surface area contributed by atoms with Gasteiger partial charge < -0.3 is 25.0 Å². The summed E-state index contributed by atoms with van der Waals surface area (Å²) < 4.78 is 10.6. The Balaban J connectivity index is 1.49. The summed E-state index contributed by atoms with van der Waals surface area (Å²) in [5, 5.41) is 5.80. The van der Waals surface area contributed by atoms with E-state index in [-0.39, 0.29) is 6.03 Å². The molecule has 1 fully saturated rings. The molecule has 0 radical (unpaired) electrons. The van der Waals surface area contributed by atoms with Crippen LogP contribution in [0.2, 0.25) is 0 Å². The lowest BCUT2D eigenvalue weighted by Gasteiger charge is -2.21. The fourth-order valence-electron chi connectivity index (χ4n) is 3.22. The fourth-order valence-corrected chi connectivity index (χ4v) is 3.22. The SMILES string of the molecule is COc1cccc(NC(=O)NCC2CCN(c3ccccc3OC)C2)c1. The molecule has 138 valence electrons. The van der Waals surface area contributed by atoms with E-state index in [2.05, 4.69) is 21.6 Å². The first-order valence-electron chi connectivity index (χ1n) is 8.76. The van der Waals surface area contributed by atoms with Gasteiger partial charge in [-0.15, -0.1) is 0 Å². The van der Waals surface area contributed by atoms with Gasteiger partial charge in [-0.25, -0.2) is 4.79 Å². The van der Waals surface area contributed by atoms with E-state index in [0.717, 1.165) is 30.9 Å². The minimum Gasteiger partial charge on any atom is -0.497 e. The van der Waals surface area contributed by atoms with Gasteiger partial charge in [0, 0.05) is 31.4 Å². The molecule has 6 heteroatoms. The molecule has 1 aliphatic rings. The molecular weight excluding hydrogens is 330 g/mol. The highest BCUT2D eigenvalue weighted by Crippen LogP contribution is 2.31. The van der Waals surface area contributed by atoms with Crippen LogP contribution in [0.3, 0.4) is 0 Å². The number of nitrogens with zero attached hydrogens (tertiary/aromatic N) is 1. The van der Waals surface area contributed by atoms with Gasteiger partial charge in [0.25, 0.3) is 0 Å². The zero-order valence-corrected chi connectivity index (χ0v) is 15.2. The number of carbonyl (C=O) groups is 1. The molecule has 3 rings (SSSR count). The molecule has 1 aliphatic heterocycles. The molecule has 0 spiro atoms. The summed E-state index contributed by atoms with van der Waals surface area (Å²) in [6, 6.07) is 15.1. The smallest absolute Gasteiger partial charge is 0.319 e. The average molecular weight is 355 g/mol. The first kappa shape index (κ1) is 17.9. The van der Waals surface area contributed by atoms with Gasteiger partial charge in [-0.05, 0) is 36.6 Å². The summed E-state index contributed by atoms with van der Waals surface area (Å²) in [5.74, 6) is 2.01. The summed E-state index contributed by atoms with van der Waals surface area (Å²) in [7, 11) is 3.30. The Morgan fingerprint density at radius 1 is 1.15 bits per heavy atom. The van der Waals surface area contributed by atoms with Gasteiger partial charge in [0.05, 0.1) is 19.9 Å². The quantitative estimate of drug-likeness (QED) is 0.834. The van der Waals surface area contributed by atoms with Crippen LogP contribution in [-0.2, 0) is 0 Å². The topological polar surface area (TPSA) is 62.8 Å². The number of methoxy groups -OCH3 is 2. The van der Waals surface area contributed by atoms with Crippen LogP contribution in [-0.4, -0.2) is 39.9 Å². The van der Waals surface area contributed by atoms with E-state index < -0.39 is 0 Å². The number of hydrogen-bond acceptors (Lipinski definition) is 4. The Hall–Kier alpha value is -2.89. The van der Waals surface area contributed by atoms with Gasteiger partial charge in [-0.2, -0.15) is 0 Å². The van der Waals surface area contributed by atoms with E-state index in [1.54, 1.807) is 20.3 Å². The molecule has 2 aromatic rings. The standard InChI is InChI=1S/C20H25N3O3/c1-25-17-7-5-6-16(12-17)22-20(24)21-13-15-10-11-23(14-15)18-8-3-4-9-19(18)26-2/h3-9,12,15H,10-11,13-14H2,1-2H3,(H2,21,22,24). The van der Waals surface area contributed by atoms with Crippen molar-refractivity contribution in [3.05, 3.63) is 48.5 Å². The van der Waals surface area contributed by atoms with Crippen molar-refractivity contribution in [1.29, 1.82) is 0 Å². The van der Waals surface area contributed by atoms with Crippen LogP contribution >= 0.6 is 0 Å². The minimum atomic E-state index is -0.200. The highest BCUT2D eigenvalue weighted by atomic mass is 16.5. The molecule has 2 amide bonds. The van der Waals surface area contributed by atoms with Crippen LogP contribution in [0.1, 0.15) is 6.42 Å². The Morgan fingerprint density at radius 2 is 2.00 bits per heavy atom. The molecule has 1 heterocycles. The number of ether oxygens (including phenoxy) is 2. The van der Waals surface area contributed by atoms with Crippen LogP contribution in [0, 0.1) is 5.92 Å². The van der Waals surface area contributed by atoms with Crippen LogP contribution < -0.4 is 25.0 Å². The largest absolute Gasteiger partial charge is 0.497 e. The van der Waals surface area contributed by atoms with E-state index in [4.69, 9.17) is 9.47 Å². The normalized spacial score (nSPS) is 16.2. The molecule has 1 atom stereocenters. The van der Waals surface area contributed by atoms with Crippen molar-refractivity contribution in [2.45, 2.75) is 6.42 Å². The molecule has 2 aromatic carbocycles. The first-order valence-corrected chi connectivity index (χ1v) is 8.76. The number of rotatable bonds is 6. The predicted molar refractivity (Wildman–Crippen MR) is 103 cm³/mol. The Kier molecular flexibility index (Phi) is 5.84. The Labute approximate surface area is 154 Å². The van der Waals surface area contributed by atoms with Crippen molar-refractivity contribution in [3.63, 3.8) is 0 Å². The summed E-state index contributed by atoms with van der Waals surface area (Å²) in [5.41, 5.74) is 1.82. The van der Waals surface area contributed by atoms with Crippen molar-refractivity contribution in [1.82, 2.24) is 5.32 Å². The van der Waals surface area contributed by atoms with Gasteiger partial charge in [0.1, 0.15) is 11.5 Å². The van der Waals surface area contributed by atoms with Gasteiger partial charge in [0.15, 0.2) is 0 Å². The number of carbonyl (C=O) groups excluding carboxylic acids is 1. The molecule has 26 heavy (non-hydrogen) atoms. The zero-order valence-electron chi connectivity index (χ0n) is 15.2. The number of amides is 2. The molecule has 1 unspecified atom stereocenters. The average Bonchev–Trinajstić information content (AvgIpc) is 3.15. The predicted octanol–water partition coefficient (Wildman–Crippen LogP) is 3.35. The minimum absolute atomic E-state index is 0.200. The number of nitrogens with one attached hydrogen (secondary N) is 2. The second-order valence-corrected chi connectivity index (χ2v) is 6.34.